The number of amides is 1. The summed E-state index contributed by atoms with van der Waals surface area (Å²) in [5.74, 6) is -0.552. The molecule has 0 saturated carbocycles. The molecular formula is C19H17BrFNO2S. The van der Waals surface area contributed by atoms with E-state index in [0.29, 0.717) is 15.8 Å². The average Bonchev–Trinajstić information content (AvgIpc) is 2.96. The maximum atomic E-state index is 14.2. The van der Waals surface area contributed by atoms with E-state index in [2.05, 4.69) is 21.2 Å². The molecule has 1 unspecified atom stereocenters. The minimum atomic E-state index is -0.333. The van der Waals surface area contributed by atoms with Crippen LogP contribution in [-0.2, 0) is 11.3 Å². The Hall–Kier alpha value is -1.76. The van der Waals surface area contributed by atoms with E-state index in [-0.39, 0.29) is 24.4 Å². The molecule has 3 rings (SSSR count). The van der Waals surface area contributed by atoms with E-state index in [1.54, 1.807) is 6.07 Å². The van der Waals surface area contributed by atoms with E-state index in [1.807, 2.05) is 37.3 Å². The van der Waals surface area contributed by atoms with Crippen LogP contribution in [0.15, 0.2) is 46.9 Å². The second-order valence-electron chi connectivity index (χ2n) is 5.70. The molecule has 1 atom stereocenters. The van der Waals surface area contributed by atoms with E-state index >= 15 is 0 Å². The lowest BCUT2D eigenvalue weighted by Gasteiger charge is -2.14. The summed E-state index contributed by atoms with van der Waals surface area (Å²) in [7, 11) is 1.54. The number of nitrogens with one attached hydrogen (secondary N) is 1. The monoisotopic (exact) mass is 421 g/mol. The van der Waals surface area contributed by atoms with Gasteiger partial charge in [0.25, 0.3) is 5.91 Å². The molecule has 0 saturated heterocycles. The minimum Gasteiger partial charge on any atom is -0.380 e. The zero-order valence-electron chi connectivity index (χ0n) is 13.8. The topological polar surface area (TPSA) is 38.3 Å². The van der Waals surface area contributed by atoms with Crippen LogP contribution in [-0.4, -0.2) is 13.0 Å². The van der Waals surface area contributed by atoms with Crippen molar-refractivity contribution in [2.24, 2.45) is 0 Å². The van der Waals surface area contributed by atoms with Gasteiger partial charge in [-0.15, -0.1) is 11.3 Å². The molecule has 2 aromatic carbocycles. The first-order chi connectivity index (χ1) is 12.0. The molecule has 1 N–H and O–H groups in total. The van der Waals surface area contributed by atoms with Gasteiger partial charge in [0.15, 0.2) is 0 Å². The van der Waals surface area contributed by atoms with Crippen LogP contribution < -0.4 is 5.32 Å². The Kier molecular flexibility index (Phi) is 5.51. The highest BCUT2D eigenvalue weighted by atomic mass is 79.9. The lowest BCUT2D eigenvalue weighted by Crippen LogP contribution is -2.26. The molecule has 0 aliphatic carbocycles. The fourth-order valence-electron chi connectivity index (χ4n) is 2.73. The molecule has 1 amide bonds. The quantitative estimate of drug-likeness (QED) is 0.595. The van der Waals surface area contributed by atoms with Crippen molar-refractivity contribution < 1.29 is 13.9 Å². The summed E-state index contributed by atoms with van der Waals surface area (Å²) in [6.45, 7) is 2.11. The number of rotatable bonds is 5. The first kappa shape index (κ1) is 18.0. The number of carbonyl (C=O) groups is 1. The van der Waals surface area contributed by atoms with Gasteiger partial charge in [0.05, 0.1) is 17.5 Å². The minimum absolute atomic E-state index is 0.161. The number of halogens is 2. The molecule has 0 aliphatic heterocycles. The van der Waals surface area contributed by atoms with Crippen LogP contribution in [0.2, 0.25) is 0 Å². The Morgan fingerprint density at radius 2 is 2.00 bits per heavy atom. The van der Waals surface area contributed by atoms with Gasteiger partial charge in [-0.2, -0.15) is 0 Å². The van der Waals surface area contributed by atoms with Gasteiger partial charge in [-0.3, -0.25) is 4.79 Å². The molecule has 6 heteroatoms. The number of ether oxygens (including phenoxy) is 1. The molecule has 0 bridgehead atoms. The van der Waals surface area contributed by atoms with Crippen molar-refractivity contribution in [2.45, 2.75) is 19.6 Å². The largest absolute Gasteiger partial charge is 0.380 e. The van der Waals surface area contributed by atoms with E-state index in [4.69, 9.17) is 4.74 Å². The zero-order chi connectivity index (χ0) is 18.0. The predicted octanol–water partition coefficient (Wildman–Crippen LogP) is 5.44. The number of hydrogen-bond donors (Lipinski definition) is 1. The first-order valence-corrected chi connectivity index (χ1v) is 9.37. The standard InChI is InChI=1S/C19H17BrFNO2S/c1-11(12-6-8-13(20)9-7-12)22-19(23)18-14(10-24-2)17-15(21)4-3-5-16(17)25-18/h3-9,11H,10H2,1-2H3,(H,22,23). The number of methoxy groups -OCH3 is 1. The Morgan fingerprint density at radius 3 is 2.68 bits per heavy atom. The highest BCUT2D eigenvalue weighted by molar-refractivity contribution is 9.10. The summed E-state index contributed by atoms with van der Waals surface area (Å²) in [6.07, 6.45) is 0. The predicted molar refractivity (Wildman–Crippen MR) is 103 cm³/mol. The Morgan fingerprint density at radius 1 is 1.28 bits per heavy atom. The van der Waals surface area contributed by atoms with Crippen LogP contribution in [0.4, 0.5) is 4.39 Å². The summed E-state index contributed by atoms with van der Waals surface area (Å²) in [5, 5.41) is 3.46. The number of benzene rings is 2. The van der Waals surface area contributed by atoms with Crippen molar-refractivity contribution in [3.05, 3.63) is 68.8 Å². The Balaban J connectivity index is 1.92. The van der Waals surface area contributed by atoms with E-state index in [1.165, 1.54) is 24.5 Å². The second-order valence-corrected chi connectivity index (χ2v) is 7.67. The van der Waals surface area contributed by atoms with Crippen LogP contribution in [0, 0.1) is 5.82 Å². The van der Waals surface area contributed by atoms with Gasteiger partial charge in [-0.25, -0.2) is 4.39 Å². The third kappa shape index (κ3) is 3.76. The number of carbonyl (C=O) groups excluding carboxylic acids is 1. The molecule has 0 fully saturated rings. The van der Waals surface area contributed by atoms with Gasteiger partial charge >= 0.3 is 0 Å². The Bertz CT molecular complexity index is 908. The third-order valence-electron chi connectivity index (χ3n) is 3.98. The molecule has 0 radical (unpaired) electrons. The van der Waals surface area contributed by atoms with Crippen LogP contribution in [0.1, 0.15) is 33.8 Å². The van der Waals surface area contributed by atoms with Gasteiger partial charge in [-0.05, 0) is 36.8 Å². The maximum Gasteiger partial charge on any atom is 0.262 e. The fourth-order valence-corrected chi connectivity index (χ4v) is 4.12. The van der Waals surface area contributed by atoms with Gasteiger partial charge in [0, 0.05) is 27.2 Å². The van der Waals surface area contributed by atoms with Gasteiger partial charge in [0.1, 0.15) is 5.82 Å². The summed E-state index contributed by atoms with van der Waals surface area (Å²) in [5.41, 5.74) is 1.60. The molecule has 0 spiro atoms. The molecule has 0 aliphatic rings. The van der Waals surface area contributed by atoms with Crippen molar-refractivity contribution in [3.8, 4) is 0 Å². The maximum absolute atomic E-state index is 14.2. The average molecular weight is 422 g/mol. The molecule has 3 aromatic rings. The van der Waals surface area contributed by atoms with Gasteiger partial charge in [0.2, 0.25) is 0 Å². The molecule has 25 heavy (non-hydrogen) atoms. The lowest BCUT2D eigenvalue weighted by molar-refractivity contribution is 0.0940. The van der Waals surface area contributed by atoms with Crippen LogP contribution >= 0.6 is 27.3 Å². The molecule has 1 aromatic heterocycles. The normalized spacial score (nSPS) is 12.3. The van der Waals surface area contributed by atoms with Crippen molar-refractivity contribution >= 4 is 43.3 Å². The SMILES string of the molecule is COCc1c(C(=O)NC(C)c2ccc(Br)cc2)sc2cccc(F)c12. The van der Waals surface area contributed by atoms with E-state index < -0.39 is 0 Å². The highest BCUT2D eigenvalue weighted by Crippen LogP contribution is 2.34. The molecular weight excluding hydrogens is 405 g/mol. The Labute approximate surface area is 157 Å². The second kappa shape index (κ2) is 7.64. The van der Waals surface area contributed by atoms with E-state index in [0.717, 1.165) is 14.7 Å². The van der Waals surface area contributed by atoms with Crippen molar-refractivity contribution in [1.29, 1.82) is 0 Å². The summed E-state index contributed by atoms with van der Waals surface area (Å²) in [6, 6.07) is 12.5. The first-order valence-electron chi connectivity index (χ1n) is 7.76. The van der Waals surface area contributed by atoms with Gasteiger partial charge in [-0.1, -0.05) is 34.1 Å². The van der Waals surface area contributed by atoms with Crippen molar-refractivity contribution in [3.63, 3.8) is 0 Å². The van der Waals surface area contributed by atoms with Crippen LogP contribution in [0.3, 0.4) is 0 Å². The third-order valence-corrected chi connectivity index (χ3v) is 5.70. The number of thiophene rings is 1. The summed E-state index contributed by atoms with van der Waals surface area (Å²) < 4.78 is 21.2. The zero-order valence-corrected chi connectivity index (χ0v) is 16.2. The highest BCUT2D eigenvalue weighted by Gasteiger charge is 2.22. The molecule has 3 nitrogen and oxygen atoms in total. The van der Waals surface area contributed by atoms with Crippen molar-refractivity contribution in [2.75, 3.05) is 7.11 Å². The fraction of sp³-hybridized carbons (Fsp3) is 0.211. The van der Waals surface area contributed by atoms with Crippen LogP contribution in [0.5, 0.6) is 0 Å². The van der Waals surface area contributed by atoms with Crippen molar-refractivity contribution in [1.82, 2.24) is 5.32 Å². The summed E-state index contributed by atoms with van der Waals surface area (Å²) >= 11 is 4.69. The summed E-state index contributed by atoms with van der Waals surface area (Å²) in [4.78, 5) is 13.3. The molecule has 130 valence electrons. The molecule has 1 heterocycles. The smallest absolute Gasteiger partial charge is 0.262 e. The van der Waals surface area contributed by atoms with Gasteiger partial charge < -0.3 is 10.1 Å². The lowest BCUT2D eigenvalue weighted by atomic mass is 10.1. The number of hydrogen-bond acceptors (Lipinski definition) is 3. The van der Waals surface area contributed by atoms with E-state index in [9.17, 15) is 9.18 Å². The van der Waals surface area contributed by atoms with Crippen LogP contribution in [0.25, 0.3) is 10.1 Å². The number of fused-ring (bicyclic) bond motifs is 1.